The van der Waals surface area contributed by atoms with Gasteiger partial charge in [0.1, 0.15) is 8.42 Å². The lowest BCUT2D eigenvalue weighted by atomic mass is 10.1. The summed E-state index contributed by atoms with van der Waals surface area (Å²) in [4.78, 5) is 0. The Morgan fingerprint density at radius 3 is 2.72 bits per heavy atom. The van der Waals surface area contributed by atoms with Crippen molar-refractivity contribution in [2.24, 2.45) is 5.14 Å². The van der Waals surface area contributed by atoms with Gasteiger partial charge in [-0.1, -0.05) is 19.1 Å². The molecule has 0 spiro atoms. The Morgan fingerprint density at radius 1 is 1.48 bits per heavy atom. The third-order valence-electron chi connectivity index (χ3n) is 3.51. The zero-order valence-corrected chi connectivity index (χ0v) is 17.1. The number of fused-ring (bicyclic) bond motifs is 1. The second-order valence-electron chi connectivity index (χ2n) is 5.21. The van der Waals surface area contributed by atoms with E-state index >= 15 is 0 Å². The van der Waals surface area contributed by atoms with Crippen LogP contribution in [0.1, 0.15) is 18.5 Å². The van der Waals surface area contributed by atoms with Gasteiger partial charge in [-0.05, 0) is 12.6 Å². The molecule has 2 rings (SSSR count). The molecule has 8 nitrogen and oxygen atoms in total. The quantitative estimate of drug-likeness (QED) is 0.612. The zero-order chi connectivity index (χ0) is 18.0. The number of hydrogen-bond acceptors (Lipinski definition) is 7. The largest absolute Gasteiger partial charge is 0.381 e. The number of methoxy groups -OCH3 is 1. The molecule has 0 radical (unpaired) electrons. The number of primary sulfonamides is 1. The Bertz CT molecular complexity index is 820. The first-order valence-corrected chi connectivity index (χ1v) is 11.1. The van der Waals surface area contributed by atoms with Gasteiger partial charge in [0.05, 0.1) is 6.61 Å². The number of rotatable bonds is 7. The number of likely N-dealkylation sites (N-methyl/N-ethyl adjacent to an activating group) is 1. The molecule has 0 saturated carbocycles. The van der Waals surface area contributed by atoms with Crippen molar-refractivity contribution in [3.8, 4) is 0 Å². The van der Waals surface area contributed by atoms with Gasteiger partial charge in [-0.25, -0.2) is 22.0 Å². The lowest BCUT2D eigenvalue weighted by Crippen LogP contribution is -2.43. The molecule has 0 aromatic carbocycles. The Hall–Kier alpha value is -0.530. The monoisotopic (exact) mass is 431 g/mol. The maximum atomic E-state index is 12.8. The average Bonchev–Trinajstić information content (AvgIpc) is 2.95. The number of nitrogens with one attached hydrogen (secondary N) is 1. The van der Waals surface area contributed by atoms with E-state index in [1.807, 2.05) is 6.92 Å². The number of sulfonamides is 2. The van der Waals surface area contributed by atoms with E-state index in [2.05, 4.69) is 5.32 Å². The first-order valence-electron chi connectivity index (χ1n) is 7.25. The first kappa shape index (κ1) is 22.5. The van der Waals surface area contributed by atoms with Crippen LogP contribution in [0.15, 0.2) is 26.6 Å². The molecule has 12 heteroatoms. The molecule has 1 aliphatic rings. The summed E-state index contributed by atoms with van der Waals surface area (Å²) in [6, 6.07) is 1.08. The molecule has 1 aromatic heterocycles. The lowest BCUT2D eigenvalue weighted by Gasteiger charge is -2.31. The number of nitrogens with two attached hydrogens (primary N) is 1. The smallest absolute Gasteiger partial charge is 0.253 e. The summed E-state index contributed by atoms with van der Waals surface area (Å²) in [7, 11) is -6.16. The van der Waals surface area contributed by atoms with E-state index < -0.39 is 20.0 Å². The molecule has 0 aliphatic carbocycles. The van der Waals surface area contributed by atoms with Crippen LogP contribution in [0.4, 0.5) is 0 Å². The molecule has 0 saturated heterocycles. The average molecular weight is 432 g/mol. The SMILES string of the molecule is CCNC1CN(C/C=C/COC)S(=O)(=O)c2sc(S(N)(=O)=O)cc21.Cl. The van der Waals surface area contributed by atoms with E-state index in [9.17, 15) is 16.8 Å². The molecule has 0 amide bonds. The Labute approximate surface area is 158 Å². The third kappa shape index (κ3) is 5.01. The fraction of sp³-hybridized carbons (Fsp3) is 0.538. The van der Waals surface area contributed by atoms with E-state index in [4.69, 9.17) is 9.88 Å². The van der Waals surface area contributed by atoms with Crippen LogP contribution in [0.25, 0.3) is 0 Å². The summed E-state index contributed by atoms with van der Waals surface area (Å²) in [6.07, 6.45) is 3.45. The number of halogens is 1. The van der Waals surface area contributed by atoms with Crippen molar-refractivity contribution in [2.45, 2.75) is 21.4 Å². The van der Waals surface area contributed by atoms with Gasteiger partial charge in [0, 0.05) is 31.8 Å². The van der Waals surface area contributed by atoms with Crippen molar-refractivity contribution in [3.63, 3.8) is 0 Å². The summed E-state index contributed by atoms with van der Waals surface area (Å²) in [5.41, 5.74) is 0.461. The molecule has 1 atom stereocenters. The van der Waals surface area contributed by atoms with Crippen LogP contribution < -0.4 is 10.5 Å². The van der Waals surface area contributed by atoms with Crippen molar-refractivity contribution < 1.29 is 21.6 Å². The fourth-order valence-corrected chi connectivity index (χ4v) is 6.64. The second-order valence-corrected chi connectivity index (χ2v) is 10.2. The Balaban J connectivity index is 0.00000312. The van der Waals surface area contributed by atoms with E-state index in [1.165, 1.54) is 10.4 Å². The van der Waals surface area contributed by atoms with Gasteiger partial charge >= 0.3 is 0 Å². The molecule has 0 bridgehead atoms. The third-order valence-corrected chi connectivity index (χ3v) is 8.44. The molecular weight excluding hydrogens is 410 g/mol. The van der Waals surface area contributed by atoms with E-state index in [0.29, 0.717) is 30.1 Å². The minimum atomic E-state index is -3.95. The minimum Gasteiger partial charge on any atom is -0.381 e. The fourth-order valence-electron chi connectivity index (χ4n) is 2.42. The van der Waals surface area contributed by atoms with Gasteiger partial charge in [0.25, 0.3) is 10.0 Å². The predicted molar refractivity (Wildman–Crippen MR) is 99.1 cm³/mol. The molecule has 2 heterocycles. The van der Waals surface area contributed by atoms with Crippen molar-refractivity contribution in [1.29, 1.82) is 0 Å². The van der Waals surface area contributed by atoms with Crippen molar-refractivity contribution in [3.05, 3.63) is 23.8 Å². The van der Waals surface area contributed by atoms with Gasteiger partial charge in [0.15, 0.2) is 0 Å². The zero-order valence-electron chi connectivity index (χ0n) is 13.8. The maximum absolute atomic E-state index is 12.8. The number of hydrogen-bond donors (Lipinski definition) is 2. The maximum Gasteiger partial charge on any atom is 0.253 e. The summed E-state index contributed by atoms with van der Waals surface area (Å²) >= 11 is 0.695. The number of thiophene rings is 1. The van der Waals surface area contributed by atoms with E-state index in [1.54, 1.807) is 19.3 Å². The molecule has 1 aromatic rings. The second kappa shape index (κ2) is 8.91. The highest BCUT2D eigenvalue weighted by Gasteiger charge is 2.39. The van der Waals surface area contributed by atoms with Gasteiger partial charge in [0.2, 0.25) is 10.0 Å². The highest BCUT2D eigenvalue weighted by atomic mass is 35.5. The van der Waals surface area contributed by atoms with Crippen LogP contribution in [0.5, 0.6) is 0 Å². The van der Waals surface area contributed by atoms with Gasteiger partial charge in [-0.2, -0.15) is 4.31 Å². The van der Waals surface area contributed by atoms with E-state index in [-0.39, 0.29) is 40.0 Å². The highest BCUT2D eigenvalue weighted by Crippen LogP contribution is 2.39. The van der Waals surface area contributed by atoms with E-state index in [0.717, 1.165) is 0 Å². The van der Waals surface area contributed by atoms with Crippen molar-refractivity contribution in [2.75, 3.05) is 33.4 Å². The summed E-state index contributed by atoms with van der Waals surface area (Å²) in [6.45, 7) is 3.33. The molecule has 1 aliphatic heterocycles. The van der Waals surface area contributed by atoms with Crippen LogP contribution in [-0.4, -0.2) is 54.5 Å². The molecule has 1 unspecified atom stereocenters. The summed E-state index contributed by atoms with van der Waals surface area (Å²) in [5.74, 6) is 0. The van der Waals surface area contributed by atoms with Crippen LogP contribution in [0, 0.1) is 0 Å². The Morgan fingerprint density at radius 2 is 2.16 bits per heavy atom. The number of nitrogens with zero attached hydrogens (tertiary/aromatic N) is 1. The van der Waals surface area contributed by atoms with Crippen molar-refractivity contribution >= 4 is 43.8 Å². The summed E-state index contributed by atoms with van der Waals surface area (Å²) in [5, 5.41) is 8.34. The van der Waals surface area contributed by atoms with Crippen LogP contribution in [-0.2, 0) is 24.8 Å². The first-order chi connectivity index (χ1) is 11.2. The van der Waals surface area contributed by atoms with Gasteiger partial charge < -0.3 is 10.1 Å². The van der Waals surface area contributed by atoms with Gasteiger partial charge in [-0.3, -0.25) is 0 Å². The minimum absolute atomic E-state index is 0. The standard InChI is InChI=1S/C13H21N3O5S3.ClH/c1-3-15-11-9-16(6-4-5-7-21-2)24(19,20)13-10(11)8-12(22-13)23(14,17)18;/h4-5,8,11,15H,3,6-7,9H2,1-2H3,(H2,14,17,18);1H/b5-4+;. The van der Waals surface area contributed by atoms with Crippen molar-refractivity contribution in [1.82, 2.24) is 9.62 Å². The molecular formula is C13H22ClN3O5S3. The van der Waals surface area contributed by atoms with Gasteiger partial charge in [-0.15, -0.1) is 23.7 Å². The normalized spacial score (nSPS) is 20.4. The lowest BCUT2D eigenvalue weighted by molar-refractivity contribution is 0.233. The molecule has 144 valence electrons. The van der Waals surface area contributed by atoms with Crippen LogP contribution in [0.2, 0.25) is 0 Å². The Kier molecular flexibility index (Phi) is 8.02. The molecule has 0 fully saturated rings. The topological polar surface area (TPSA) is 119 Å². The highest BCUT2D eigenvalue weighted by molar-refractivity contribution is 7.94. The predicted octanol–water partition coefficient (Wildman–Crippen LogP) is 0.675. The summed E-state index contributed by atoms with van der Waals surface area (Å²) < 4.78 is 54.8. The molecule has 3 N–H and O–H groups in total. The molecule has 25 heavy (non-hydrogen) atoms. The van der Waals surface area contributed by atoms with Crippen LogP contribution >= 0.6 is 23.7 Å². The number of ether oxygens (including phenoxy) is 1. The van der Waals surface area contributed by atoms with Crippen LogP contribution in [0.3, 0.4) is 0 Å².